The van der Waals surface area contributed by atoms with Crippen LogP contribution in [-0.4, -0.2) is 44.2 Å². The minimum atomic E-state index is 0.779. The van der Waals surface area contributed by atoms with Gasteiger partial charge in [0.05, 0.1) is 0 Å². The number of fused-ring (bicyclic) bond motifs is 1. The molecule has 0 bridgehead atoms. The van der Waals surface area contributed by atoms with Gasteiger partial charge in [-0.05, 0) is 45.0 Å². The van der Waals surface area contributed by atoms with Crippen molar-refractivity contribution in [1.82, 2.24) is 10.2 Å². The molecule has 3 heteroatoms. The van der Waals surface area contributed by atoms with Crippen LogP contribution in [0.5, 0.6) is 0 Å². The summed E-state index contributed by atoms with van der Waals surface area (Å²) in [5, 5.41) is 3.31. The first-order chi connectivity index (χ1) is 9.78. The first-order valence-electron chi connectivity index (χ1n) is 8.01. The first kappa shape index (κ1) is 13.9. The molecular weight excluding hydrogens is 246 g/mol. The van der Waals surface area contributed by atoms with E-state index in [1.807, 2.05) is 7.05 Å². The zero-order valence-corrected chi connectivity index (χ0v) is 12.9. The molecule has 1 N–H and O–H groups in total. The maximum atomic E-state index is 3.31. The Labute approximate surface area is 123 Å². The van der Waals surface area contributed by atoms with Crippen LogP contribution < -0.4 is 10.2 Å². The molecule has 1 aromatic carbocycles. The van der Waals surface area contributed by atoms with Gasteiger partial charge in [-0.1, -0.05) is 24.1 Å². The van der Waals surface area contributed by atoms with Crippen molar-refractivity contribution in [3.63, 3.8) is 0 Å². The number of piperidine rings is 1. The van der Waals surface area contributed by atoms with Gasteiger partial charge in [-0.15, -0.1) is 0 Å². The number of rotatable bonds is 3. The third-order valence-corrected chi connectivity index (χ3v) is 4.78. The van der Waals surface area contributed by atoms with Crippen molar-refractivity contribution >= 4 is 5.69 Å². The van der Waals surface area contributed by atoms with Gasteiger partial charge in [0.2, 0.25) is 0 Å². The Hall–Kier alpha value is -1.06. The summed E-state index contributed by atoms with van der Waals surface area (Å²) in [6, 6.07) is 7.68. The lowest BCUT2D eigenvalue weighted by molar-refractivity contribution is 0.133. The molecule has 110 valence electrons. The molecule has 1 aromatic rings. The van der Waals surface area contributed by atoms with E-state index in [1.54, 1.807) is 0 Å². The van der Waals surface area contributed by atoms with Gasteiger partial charge in [-0.3, -0.25) is 4.90 Å². The molecule has 0 aromatic heterocycles. The Morgan fingerprint density at radius 1 is 1.20 bits per heavy atom. The molecule has 2 saturated heterocycles. The van der Waals surface area contributed by atoms with Crippen molar-refractivity contribution in [2.75, 3.05) is 38.1 Å². The van der Waals surface area contributed by atoms with E-state index in [1.165, 1.54) is 62.3 Å². The Balaban J connectivity index is 1.78. The van der Waals surface area contributed by atoms with Crippen LogP contribution in [-0.2, 0) is 6.54 Å². The summed E-state index contributed by atoms with van der Waals surface area (Å²) in [5.74, 6) is 0. The molecule has 1 atom stereocenters. The van der Waals surface area contributed by atoms with E-state index in [0.29, 0.717) is 0 Å². The van der Waals surface area contributed by atoms with Crippen molar-refractivity contribution in [3.05, 3.63) is 29.3 Å². The minimum absolute atomic E-state index is 0.779. The molecule has 3 rings (SSSR count). The summed E-state index contributed by atoms with van der Waals surface area (Å²) in [5.41, 5.74) is 4.24. The highest BCUT2D eigenvalue weighted by Gasteiger charge is 2.29. The highest BCUT2D eigenvalue weighted by Crippen LogP contribution is 2.28. The van der Waals surface area contributed by atoms with Crippen LogP contribution in [0.25, 0.3) is 0 Å². The van der Waals surface area contributed by atoms with Gasteiger partial charge in [0.15, 0.2) is 0 Å². The molecule has 0 radical (unpaired) electrons. The fourth-order valence-electron chi connectivity index (χ4n) is 3.73. The largest absolute Gasteiger partial charge is 0.368 e. The van der Waals surface area contributed by atoms with E-state index in [4.69, 9.17) is 0 Å². The fraction of sp³-hybridized carbons (Fsp3) is 0.647. The number of hydrogen-bond donors (Lipinski definition) is 1. The summed E-state index contributed by atoms with van der Waals surface area (Å²) >= 11 is 0. The Bertz CT molecular complexity index is 458. The van der Waals surface area contributed by atoms with Crippen LogP contribution in [0, 0.1) is 6.92 Å². The normalized spacial score (nSPS) is 23.7. The van der Waals surface area contributed by atoms with Crippen LogP contribution in [0.15, 0.2) is 18.2 Å². The van der Waals surface area contributed by atoms with Gasteiger partial charge in [0, 0.05) is 37.9 Å². The van der Waals surface area contributed by atoms with E-state index >= 15 is 0 Å². The monoisotopic (exact) mass is 273 g/mol. The second-order valence-corrected chi connectivity index (χ2v) is 6.29. The van der Waals surface area contributed by atoms with Crippen molar-refractivity contribution in [2.24, 2.45) is 0 Å². The molecule has 2 heterocycles. The predicted molar refractivity (Wildman–Crippen MR) is 85.4 cm³/mol. The summed E-state index contributed by atoms with van der Waals surface area (Å²) in [7, 11) is 2.03. The number of anilines is 1. The number of benzene rings is 1. The SMILES string of the molecule is CNCc1cc(C)ccc1N1CCN2CCCCC2C1. The van der Waals surface area contributed by atoms with Crippen LogP contribution >= 0.6 is 0 Å². The summed E-state index contributed by atoms with van der Waals surface area (Å²) in [6.07, 6.45) is 4.18. The average Bonchev–Trinajstić information content (AvgIpc) is 2.47. The topological polar surface area (TPSA) is 18.5 Å². The number of nitrogens with zero attached hydrogens (tertiary/aromatic N) is 2. The van der Waals surface area contributed by atoms with Crippen LogP contribution in [0.3, 0.4) is 0 Å². The van der Waals surface area contributed by atoms with Crippen LogP contribution in [0.4, 0.5) is 5.69 Å². The van der Waals surface area contributed by atoms with Crippen molar-refractivity contribution in [3.8, 4) is 0 Å². The van der Waals surface area contributed by atoms with Gasteiger partial charge < -0.3 is 10.2 Å². The minimum Gasteiger partial charge on any atom is -0.368 e. The van der Waals surface area contributed by atoms with Crippen LogP contribution in [0.1, 0.15) is 30.4 Å². The molecular formula is C17H27N3. The molecule has 2 aliphatic rings. The number of piperazine rings is 1. The molecule has 0 amide bonds. The smallest absolute Gasteiger partial charge is 0.0413 e. The molecule has 0 saturated carbocycles. The van der Waals surface area contributed by atoms with Crippen molar-refractivity contribution < 1.29 is 0 Å². The molecule has 2 fully saturated rings. The lowest BCUT2D eigenvalue weighted by Gasteiger charge is -2.45. The zero-order chi connectivity index (χ0) is 13.9. The Morgan fingerprint density at radius 3 is 2.95 bits per heavy atom. The van der Waals surface area contributed by atoms with Gasteiger partial charge in [0.25, 0.3) is 0 Å². The van der Waals surface area contributed by atoms with Gasteiger partial charge in [0.1, 0.15) is 0 Å². The van der Waals surface area contributed by atoms with E-state index in [0.717, 1.165) is 12.6 Å². The third kappa shape index (κ3) is 2.84. The zero-order valence-electron chi connectivity index (χ0n) is 12.9. The standard InChI is InChI=1S/C17H27N3/c1-14-6-7-17(15(11-14)12-18-2)20-10-9-19-8-4-3-5-16(19)13-20/h6-7,11,16,18H,3-5,8-10,12-13H2,1-2H3. The number of aryl methyl sites for hydroxylation is 1. The Kier molecular flexibility index (Phi) is 4.27. The molecule has 0 spiro atoms. The van der Waals surface area contributed by atoms with Gasteiger partial charge >= 0.3 is 0 Å². The fourth-order valence-corrected chi connectivity index (χ4v) is 3.73. The van der Waals surface area contributed by atoms with E-state index in [2.05, 4.69) is 40.2 Å². The summed E-state index contributed by atoms with van der Waals surface area (Å²) in [4.78, 5) is 5.31. The number of hydrogen-bond acceptors (Lipinski definition) is 3. The van der Waals surface area contributed by atoms with Crippen molar-refractivity contribution in [1.29, 1.82) is 0 Å². The lowest BCUT2D eigenvalue weighted by Crippen LogP contribution is -2.55. The maximum Gasteiger partial charge on any atom is 0.0413 e. The molecule has 2 aliphatic heterocycles. The van der Waals surface area contributed by atoms with Crippen molar-refractivity contribution in [2.45, 2.75) is 38.8 Å². The summed E-state index contributed by atoms with van der Waals surface area (Å²) < 4.78 is 0. The van der Waals surface area contributed by atoms with E-state index in [-0.39, 0.29) is 0 Å². The first-order valence-corrected chi connectivity index (χ1v) is 8.01. The molecule has 20 heavy (non-hydrogen) atoms. The van der Waals surface area contributed by atoms with Crippen LogP contribution in [0.2, 0.25) is 0 Å². The Morgan fingerprint density at radius 2 is 2.10 bits per heavy atom. The summed E-state index contributed by atoms with van der Waals surface area (Å²) in [6.45, 7) is 8.08. The second-order valence-electron chi connectivity index (χ2n) is 6.29. The lowest BCUT2D eigenvalue weighted by atomic mass is 9.98. The predicted octanol–water partition coefficient (Wildman–Crippen LogP) is 2.39. The number of nitrogens with one attached hydrogen (secondary N) is 1. The highest BCUT2D eigenvalue weighted by molar-refractivity contribution is 5.55. The third-order valence-electron chi connectivity index (χ3n) is 4.78. The molecule has 0 aliphatic carbocycles. The highest BCUT2D eigenvalue weighted by atomic mass is 15.3. The molecule has 1 unspecified atom stereocenters. The average molecular weight is 273 g/mol. The second kappa shape index (κ2) is 6.15. The van der Waals surface area contributed by atoms with Gasteiger partial charge in [-0.25, -0.2) is 0 Å². The van der Waals surface area contributed by atoms with E-state index < -0.39 is 0 Å². The maximum absolute atomic E-state index is 3.31. The quantitative estimate of drug-likeness (QED) is 0.912. The molecule has 3 nitrogen and oxygen atoms in total. The van der Waals surface area contributed by atoms with Gasteiger partial charge in [-0.2, -0.15) is 0 Å². The van der Waals surface area contributed by atoms with E-state index in [9.17, 15) is 0 Å².